The number of carbonyl (C=O) groups excluding carboxylic acids is 2. The van der Waals surface area contributed by atoms with Gasteiger partial charge in [-0.05, 0) is 27.8 Å². The Labute approximate surface area is 205 Å². The third-order valence-corrected chi connectivity index (χ3v) is 7.61. The second-order valence-electron chi connectivity index (χ2n) is 10.1. The Morgan fingerprint density at radius 1 is 0.886 bits per heavy atom. The maximum absolute atomic E-state index is 13.9. The topological polar surface area (TPSA) is 59.1 Å². The standard InChI is InChI=1S/C28H31N5O2/c1-19-15-31(17-20-9-4-3-5-10-20)27-29-25-24(32(27)16-19)26(34)33(28(35)30(25)2)18-22-13-8-12-21-11-6-7-14-23(21)22/h3-14,19,24-25,27,29H,15-18H2,1-2H3. The van der Waals surface area contributed by atoms with Crippen LogP contribution in [0.5, 0.6) is 0 Å². The van der Waals surface area contributed by atoms with Crippen LogP contribution in [0.4, 0.5) is 4.79 Å². The van der Waals surface area contributed by atoms with Crippen LogP contribution in [-0.4, -0.2) is 70.2 Å². The normalized spacial score (nSPS) is 27.4. The lowest BCUT2D eigenvalue weighted by Gasteiger charge is -2.45. The SMILES string of the molecule is CC1CN(Cc2ccccc2)C2NC3C(C(=O)N(Cc4cccc5ccccc45)C(=O)N3C)N2C1. The molecule has 7 heteroatoms. The van der Waals surface area contributed by atoms with Crippen molar-refractivity contribution >= 4 is 22.7 Å². The summed E-state index contributed by atoms with van der Waals surface area (Å²) in [4.78, 5) is 35.1. The summed E-state index contributed by atoms with van der Waals surface area (Å²) in [6.45, 7) is 5.06. The van der Waals surface area contributed by atoms with E-state index in [-0.39, 0.29) is 30.9 Å². The first kappa shape index (κ1) is 22.2. The Hall–Kier alpha value is -3.26. The fourth-order valence-electron chi connectivity index (χ4n) is 6.00. The molecule has 3 amide bonds. The van der Waals surface area contributed by atoms with E-state index >= 15 is 0 Å². The molecule has 3 aliphatic heterocycles. The smallest absolute Gasteiger partial charge is 0.310 e. The van der Waals surface area contributed by atoms with Crippen molar-refractivity contribution in [2.45, 2.75) is 38.5 Å². The number of nitrogens with one attached hydrogen (secondary N) is 1. The molecule has 7 nitrogen and oxygen atoms in total. The van der Waals surface area contributed by atoms with Gasteiger partial charge in [-0.1, -0.05) is 79.7 Å². The summed E-state index contributed by atoms with van der Waals surface area (Å²) in [6.07, 6.45) is -0.426. The Balaban J connectivity index is 1.30. The molecule has 4 unspecified atom stereocenters. The Kier molecular flexibility index (Phi) is 5.56. The number of hydrogen-bond acceptors (Lipinski definition) is 5. The van der Waals surface area contributed by atoms with Crippen LogP contribution in [0, 0.1) is 5.92 Å². The molecule has 1 N–H and O–H groups in total. The van der Waals surface area contributed by atoms with Crippen LogP contribution in [0.3, 0.4) is 0 Å². The highest BCUT2D eigenvalue weighted by Crippen LogP contribution is 2.33. The summed E-state index contributed by atoms with van der Waals surface area (Å²) in [7, 11) is 1.80. The number of nitrogens with zero attached hydrogens (tertiary/aromatic N) is 4. The first-order valence-electron chi connectivity index (χ1n) is 12.4. The minimum atomic E-state index is -0.404. The van der Waals surface area contributed by atoms with Crippen molar-refractivity contribution in [3.63, 3.8) is 0 Å². The molecular weight excluding hydrogens is 438 g/mol. The van der Waals surface area contributed by atoms with Gasteiger partial charge in [-0.3, -0.25) is 24.8 Å². The van der Waals surface area contributed by atoms with E-state index in [0.717, 1.165) is 36.0 Å². The van der Waals surface area contributed by atoms with Crippen molar-refractivity contribution in [1.82, 2.24) is 24.9 Å². The van der Waals surface area contributed by atoms with Crippen molar-refractivity contribution in [2.75, 3.05) is 20.1 Å². The summed E-state index contributed by atoms with van der Waals surface area (Å²) >= 11 is 0. The number of likely N-dealkylation sites (N-methyl/N-ethyl adjacent to an activating group) is 1. The third kappa shape index (κ3) is 3.80. The van der Waals surface area contributed by atoms with E-state index in [4.69, 9.17) is 0 Å². The number of hydrogen-bond donors (Lipinski definition) is 1. The molecule has 3 aromatic rings. The predicted molar refractivity (Wildman–Crippen MR) is 135 cm³/mol. The molecule has 4 atom stereocenters. The van der Waals surface area contributed by atoms with Gasteiger partial charge in [-0.15, -0.1) is 0 Å². The lowest BCUT2D eigenvalue weighted by atomic mass is 10.0. The van der Waals surface area contributed by atoms with Gasteiger partial charge in [0.05, 0.1) is 6.54 Å². The minimum Gasteiger partial charge on any atom is -0.310 e. The van der Waals surface area contributed by atoms with E-state index in [1.54, 1.807) is 11.9 Å². The molecule has 3 saturated heterocycles. The van der Waals surface area contributed by atoms with Crippen LogP contribution in [0.15, 0.2) is 72.8 Å². The minimum absolute atomic E-state index is 0.0851. The summed E-state index contributed by atoms with van der Waals surface area (Å²) in [5, 5.41) is 5.80. The van der Waals surface area contributed by atoms with Gasteiger partial charge < -0.3 is 4.90 Å². The number of carbonyl (C=O) groups is 2. The molecule has 0 spiro atoms. The molecular formula is C28H31N5O2. The third-order valence-electron chi connectivity index (χ3n) is 7.61. The summed E-state index contributed by atoms with van der Waals surface area (Å²) < 4.78 is 0. The zero-order valence-electron chi connectivity index (χ0n) is 20.2. The first-order chi connectivity index (χ1) is 17.0. The van der Waals surface area contributed by atoms with E-state index in [9.17, 15) is 9.59 Å². The highest BCUT2D eigenvalue weighted by molar-refractivity contribution is 6.01. The van der Waals surface area contributed by atoms with Gasteiger partial charge in [0, 0.05) is 26.7 Å². The lowest BCUT2D eigenvalue weighted by Crippen LogP contribution is -2.66. The van der Waals surface area contributed by atoms with Crippen LogP contribution in [0.25, 0.3) is 10.8 Å². The molecule has 0 saturated carbocycles. The molecule has 0 aliphatic carbocycles. The number of amides is 3. The molecule has 3 fully saturated rings. The Bertz CT molecular complexity index is 1260. The van der Waals surface area contributed by atoms with Crippen molar-refractivity contribution in [2.24, 2.45) is 5.92 Å². The summed E-state index contributed by atoms with van der Waals surface area (Å²) in [6, 6.07) is 23.9. The zero-order valence-corrected chi connectivity index (χ0v) is 20.2. The lowest BCUT2D eigenvalue weighted by molar-refractivity contribution is -0.141. The monoisotopic (exact) mass is 469 g/mol. The summed E-state index contributed by atoms with van der Waals surface area (Å²) in [5.74, 6) is 0.299. The second-order valence-corrected chi connectivity index (χ2v) is 10.1. The zero-order chi connectivity index (χ0) is 24.1. The van der Waals surface area contributed by atoms with Gasteiger partial charge >= 0.3 is 6.03 Å². The van der Waals surface area contributed by atoms with Crippen LogP contribution in [-0.2, 0) is 17.9 Å². The average Bonchev–Trinajstić information content (AvgIpc) is 3.26. The maximum atomic E-state index is 13.9. The Morgan fingerprint density at radius 3 is 2.46 bits per heavy atom. The van der Waals surface area contributed by atoms with E-state index in [2.05, 4.69) is 64.5 Å². The fourth-order valence-corrected chi connectivity index (χ4v) is 6.00. The molecule has 3 heterocycles. The largest absolute Gasteiger partial charge is 0.328 e. The molecule has 3 aliphatic rings. The number of rotatable bonds is 4. The maximum Gasteiger partial charge on any atom is 0.328 e. The van der Waals surface area contributed by atoms with E-state index in [1.165, 1.54) is 10.5 Å². The second kappa shape index (κ2) is 8.75. The highest BCUT2D eigenvalue weighted by Gasteiger charge is 2.56. The van der Waals surface area contributed by atoms with Crippen LogP contribution < -0.4 is 5.32 Å². The molecule has 180 valence electrons. The number of benzene rings is 3. The van der Waals surface area contributed by atoms with Gasteiger partial charge in [0.2, 0.25) is 0 Å². The molecule has 3 aromatic carbocycles. The number of imide groups is 1. The highest BCUT2D eigenvalue weighted by atomic mass is 16.2. The molecule has 0 aromatic heterocycles. The van der Waals surface area contributed by atoms with Crippen LogP contribution >= 0.6 is 0 Å². The quantitative estimate of drug-likeness (QED) is 0.636. The van der Waals surface area contributed by atoms with Gasteiger partial charge in [0.1, 0.15) is 18.5 Å². The van der Waals surface area contributed by atoms with E-state index in [1.807, 2.05) is 30.3 Å². The molecule has 35 heavy (non-hydrogen) atoms. The molecule has 6 rings (SSSR count). The van der Waals surface area contributed by atoms with Crippen LogP contribution in [0.1, 0.15) is 18.1 Å². The molecule has 0 radical (unpaired) electrons. The van der Waals surface area contributed by atoms with Crippen molar-refractivity contribution in [3.05, 3.63) is 83.9 Å². The summed E-state index contributed by atoms with van der Waals surface area (Å²) in [5.41, 5.74) is 2.23. The number of fused-ring (bicyclic) bond motifs is 4. The van der Waals surface area contributed by atoms with E-state index in [0.29, 0.717) is 5.92 Å². The predicted octanol–water partition coefficient (Wildman–Crippen LogP) is 3.27. The van der Waals surface area contributed by atoms with Gasteiger partial charge in [0.25, 0.3) is 5.91 Å². The van der Waals surface area contributed by atoms with Crippen LogP contribution in [0.2, 0.25) is 0 Å². The number of urea groups is 1. The van der Waals surface area contributed by atoms with Gasteiger partial charge in [-0.2, -0.15) is 0 Å². The van der Waals surface area contributed by atoms with Crippen molar-refractivity contribution in [3.8, 4) is 0 Å². The van der Waals surface area contributed by atoms with Crippen molar-refractivity contribution in [1.29, 1.82) is 0 Å². The van der Waals surface area contributed by atoms with Gasteiger partial charge in [-0.25, -0.2) is 4.79 Å². The molecule has 0 bridgehead atoms. The average molecular weight is 470 g/mol. The Morgan fingerprint density at radius 2 is 1.63 bits per heavy atom. The van der Waals surface area contributed by atoms with Gasteiger partial charge in [0.15, 0.2) is 0 Å². The van der Waals surface area contributed by atoms with E-state index < -0.39 is 6.04 Å². The first-order valence-corrected chi connectivity index (χ1v) is 12.4. The van der Waals surface area contributed by atoms with Crippen molar-refractivity contribution < 1.29 is 9.59 Å². The fraction of sp³-hybridized carbons (Fsp3) is 0.357.